The van der Waals surface area contributed by atoms with E-state index in [1.165, 1.54) is 0 Å². The maximum Gasteiger partial charge on any atom is 0.221 e. The van der Waals surface area contributed by atoms with Gasteiger partial charge in [-0.3, -0.25) is 4.79 Å². The molecule has 94 valence electrons. The SMILES string of the molecule is CC(CN(C)C)NC(=O)CC1CSCCN1. The molecule has 5 heteroatoms. The van der Waals surface area contributed by atoms with Crippen molar-refractivity contribution in [3.8, 4) is 0 Å². The van der Waals surface area contributed by atoms with Gasteiger partial charge in [-0.05, 0) is 21.0 Å². The predicted octanol–water partition coefficient (Wildman–Crippen LogP) is 0.148. The van der Waals surface area contributed by atoms with E-state index < -0.39 is 0 Å². The number of hydrogen-bond donors (Lipinski definition) is 2. The van der Waals surface area contributed by atoms with Gasteiger partial charge >= 0.3 is 0 Å². The number of carbonyl (C=O) groups is 1. The molecule has 1 aliphatic heterocycles. The molecule has 1 amide bonds. The average Bonchev–Trinajstić information content (AvgIpc) is 2.17. The van der Waals surface area contributed by atoms with Gasteiger partial charge in [-0.15, -0.1) is 0 Å². The third-order valence-corrected chi connectivity index (χ3v) is 3.61. The second-order valence-corrected chi connectivity index (χ2v) is 5.81. The molecule has 1 saturated heterocycles. The summed E-state index contributed by atoms with van der Waals surface area (Å²) in [7, 11) is 4.03. The Morgan fingerprint density at radius 3 is 2.94 bits per heavy atom. The average molecular weight is 245 g/mol. The van der Waals surface area contributed by atoms with Crippen LogP contribution in [0.4, 0.5) is 0 Å². The fraction of sp³-hybridized carbons (Fsp3) is 0.909. The van der Waals surface area contributed by atoms with Crippen LogP contribution in [0, 0.1) is 0 Å². The summed E-state index contributed by atoms with van der Waals surface area (Å²) in [6.07, 6.45) is 0.602. The Bertz CT molecular complexity index is 217. The van der Waals surface area contributed by atoms with Gasteiger partial charge in [0.05, 0.1) is 0 Å². The van der Waals surface area contributed by atoms with E-state index in [-0.39, 0.29) is 11.9 Å². The van der Waals surface area contributed by atoms with Crippen LogP contribution in [0.5, 0.6) is 0 Å². The summed E-state index contributed by atoms with van der Waals surface area (Å²) < 4.78 is 0. The highest BCUT2D eigenvalue weighted by Gasteiger charge is 2.17. The van der Waals surface area contributed by atoms with Gasteiger partial charge in [-0.1, -0.05) is 0 Å². The second-order valence-electron chi connectivity index (χ2n) is 4.66. The molecule has 1 aliphatic rings. The van der Waals surface area contributed by atoms with Crippen molar-refractivity contribution in [1.82, 2.24) is 15.5 Å². The van der Waals surface area contributed by atoms with E-state index in [9.17, 15) is 4.79 Å². The molecule has 0 saturated carbocycles. The summed E-state index contributed by atoms with van der Waals surface area (Å²) in [5.41, 5.74) is 0. The number of likely N-dealkylation sites (N-methyl/N-ethyl adjacent to an activating group) is 1. The summed E-state index contributed by atoms with van der Waals surface area (Å²) >= 11 is 1.92. The van der Waals surface area contributed by atoms with Crippen LogP contribution in [0.3, 0.4) is 0 Å². The second kappa shape index (κ2) is 7.14. The molecule has 2 N–H and O–H groups in total. The van der Waals surface area contributed by atoms with Crippen LogP contribution in [0.1, 0.15) is 13.3 Å². The number of amides is 1. The monoisotopic (exact) mass is 245 g/mol. The number of carbonyl (C=O) groups excluding carboxylic acids is 1. The van der Waals surface area contributed by atoms with E-state index in [1.54, 1.807) is 0 Å². The summed E-state index contributed by atoms with van der Waals surface area (Å²) in [5.74, 6) is 2.37. The normalized spacial score (nSPS) is 23.1. The molecule has 16 heavy (non-hydrogen) atoms. The van der Waals surface area contributed by atoms with E-state index in [2.05, 4.69) is 15.5 Å². The van der Waals surface area contributed by atoms with E-state index in [0.717, 1.165) is 24.6 Å². The Hall–Kier alpha value is -0.260. The van der Waals surface area contributed by atoms with Gasteiger partial charge in [-0.25, -0.2) is 0 Å². The van der Waals surface area contributed by atoms with Crippen LogP contribution in [-0.2, 0) is 4.79 Å². The van der Waals surface area contributed by atoms with Crippen molar-refractivity contribution in [3.63, 3.8) is 0 Å². The number of rotatable bonds is 5. The van der Waals surface area contributed by atoms with Crippen molar-refractivity contribution in [2.75, 3.05) is 38.7 Å². The van der Waals surface area contributed by atoms with Crippen molar-refractivity contribution in [2.24, 2.45) is 0 Å². The first-order chi connectivity index (χ1) is 7.58. The maximum absolute atomic E-state index is 11.7. The third-order valence-electron chi connectivity index (χ3n) is 2.48. The van der Waals surface area contributed by atoms with Crippen LogP contribution < -0.4 is 10.6 Å². The molecule has 2 unspecified atom stereocenters. The molecular weight excluding hydrogens is 222 g/mol. The first-order valence-corrected chi connectivity index (χ1v) is 6.98. The van der Waals surface area contributed by atoms with Gasteiger partial charge in [0.1, 0.15) is 0 Å². The molecule has 0 spiro atoms. The summed E-state index contributed by atoms with van der Waals surface area (Å²) in [6, 6.07) is 0.573. The van der Waals surface area contributed by atoms with Gasteiger partial charge in [0.15, 0.2) is 0 Å². The molecule has 0 aliphatic carbocycles. The summed E-state index contributed by atoms with van der Waals surface area (Å²) in [5, 5.41) is 6.40. The molecule has 1 rings (SSSR count). The van der Waals surface area contributed by atoms with Crippen molar-refractivity contribution in [1.29, 1.82) is 0 Å². The van der Waals surface area contributed by atoms with Crippen LogP contribution >= 0.6 is 11.8 Å². The van der Waals surface area contributed by atoms with E-state index in [0.29, 0.717) is 12.5 Å². The molecule has 1 heterocycles. The van der Waals surface area contributed by atoms with Crippen LogP contribution in [0.25, 0.3) is 0 Å². The molecular formula is C11H23N3OS. The van der Waals surface area contributed by atoms with Crippen molar-refractivity contribution >= 4 is 17.7 Å². The standard InChI is InChI=1S/C11H23N3OS/c1-9(7-14(2)3)13-11(15)6-10-8-16-5-4-12-10/h9-10,12H,4-8H2,1-3H3,(H,13,15). The zero-order valence-corrected chi connectivity index (χ0v) is 11.3. The Morgan fingerprint density at radius 1 is 1.62 bits per heavy atom. The Labute approximate surface area is 103 Å². The zero-order chi connectivity index (χ0) is 12.0. The Balaban J connectivity index is 2.18. The maximum atomic E-state index is 11.7. The smallest absolute Gasteiger partial charge is 0.221 e. The highest BCUT2D eigenvalue weighted by molar-refractivity contribution is 7.99. The molecule has 4 nitrogen and oxygen atoms in total. The lowest BCUT2D eigenvalue weighted by Gasteiger charge is -2.24. The number of hydrogen-bond acceptors (Lipinski definition) is 4. The minimum absolute atomic E-state index is 0.161. The first kappa shape index (κ1) is 13.8. The molecule has 0 radical (unpaired) electrons. The number of nitrogens with one attached hydrogen (secondary N) is 2. The van der Waals surface area contributed by atoms with Gasteiger partial charge in [-0.2, -0.15) is 11.8 Å². The minimum Gasteiger partial charge on any atom is -0.352 e. The largest absolute Gasteiger partial charge is 0.352 e. The van der Waals surface area contributed by atoms with Gasteiger partial charge in [0.25, 0.3) is 0 Å². The lowest BCUT2D eigenvalue weighted by Crippen LogP contribution is -2.45. The lowest BCUT2D eigenvalue weighted by atomic mass is 10.2. The Kier molecular flexibility index (Phi) is 6.16. The fourth-order valence-electron chi connectivity index (χ4n) is 1.90. The topological polar surface area (TPSA) is 44.4 Å². The summed E-state index contributed by atoms with van der Waals surface area (Å²) in [6.45, 7) is 3.95. The number of thioether (sulfide) groups is 1. The molecule has 0 bridgehead atoms. The van der Waals surface area contributed by atoms with E-state index in [4.69, 9.17) is 0 Å². The van der Waals surface area contributed by atoms with Crippen LogP contribution in [0.15, 0.2) is 0 Å². The third kappa shape index (κ3) is 5.72. The van der Waals surface area contributed by atoms with E-state index in [1.807, 2.05) is 32.8 Å². The first-order valence-electron chi connectivity index (χ1n) is 5.83. The highest BCUT2D eigenvalue weighted by Crippen LogP contribution is 2.09. The zero-order valence-electron chi connectivity index (χ0n) is 10.5. The molecule has 0 aromatic heterocycles. The van der Waals surface area contributed by atoms with E-state index >= 15 is 0 Å². The number of nitrogens with zero attached hydrogens (tertiary/aromatic N) is 1. The fourth-order valence-corrected chi connectivity index (χ4v) is 2.85. The van der Waals surface area contributed by atoms with Gasteiger partial charge in [0, 0.05) is 43.1 Å². The van der Waals surface area contributed by atoms with Crippen LogP contribution in [-0.4, -0.2) is 61.6 Å². The van der Waals surface area contributed by atoms with Crippen LogP contribution in [0.2, 0.25) is 0 Å². The molecule has 1 fully saturated rings. The highest BCUT2D eigenvalue weighted by atomic mass is 32.2. The molecule has 2 atom stereocenters. The quantitative estimate of drug-likeness (QED) is 0.724. The van der Waals surface area contributed by atoms with Crippen molar-refractivity contribution in [2.45, 2.75) is 25.4 Å². The van der Waals surface area contributed by atoms with Crippen molar-refractivity contribution in [3.05, 3.63) is 0 Å². The van der Waals surface area contributed by atoms with Crippen molar-refractivity contribution < 1.29 is 4.79 Å². The predicted molar refractivity (Wildman–Crippen MR) is 69.9 cm³/mol. The lowest BCUT2D eigenvalue weighted by molar-refractivity contribution is -0.122. The molecule has 0 aromatic rings. The minimum atomic E-state index is 0.161. The molecule has 0 aromatic carbocycles. The Morgan fingerprint density at radius 2 is 2.38 bits per heavy atom. The van der Waals surface area contributed by atoms with Gasteiger partial charge in [0.2, 0.25) is 5.91 Å². The summed E-state index contributed by atoms with van der Waals surface area (Å²) in [4.78, 5) is 13.8. The van der Waals surface area contributed by atoms with Gasteiger partial charge < -0.3 is 15.5 Å².